The summed E-state index contributed by atoms with van der Waals surface area (Å²) in [7, 11) is 0. The number of hydrogen-bond acceptors (Lipinski definition) is 3. The fraction of sp³-hybridized carbons (Fsp3) is 0.500. The molecule has 1 aliphatic rings. The first-order valence-corrected chi connectivity index (χ1v) is 5.47. The van der Waals surface area contributed by atoms with E-state index in [1.165, 1.54) is 0 Å². The molecule has 1 atom stereocenters. The highest BCUT2D eigenvalue weighted by Crippen LogP contribution is 2.36. The molecule has 3 nitrogen and oxygen atoms in total. The van der Waals surface area contributed by atoms with E-state index in [4.69, 9.17) is 5.73 Å². The summed E-state index contributed by atoms with van der Waals surface area (Å²) >= 11 is 0. The molecule has 0 radical (unpaired) electrons. The number of rotatable bonds is 1. The van der Waals surface area contributed by atoms with Crippen molar-refractivity contribution in [2.45, 2.75) is 31.6 Å². The topological polar surface area (TPSA) is 66.5 Å². The van der Waals surface area contributed by atoms with Crippen molar-refractivity contribution in [1.29, 1.82) is 0 Å². The molecule has 82 valence electrons. The Morgan fingerprint density at radius 1 is 1.20 bits per heavy atom. The Hall–Kier alpha value is -1.22. The number of hydrogen-bond donors (Lipinski definition) is 3. The van der Waals surface area contributed by atoms with Gasteiger partial charge in [-0.05, 0) is 55.0 Å². The number of phenols is 2. The number of fused-ring (bicyclic) bond motifs is 1. The molecule has 0 bridgehead atoms. The highest BCUT2D eigenvalue weighted by molar-refractivity contribution is 5.47. The van der Waals surface area contributed by atoms with Crippen molar-refractivity contribution in [3.8, 4) is 11.5 Å². The Morgan fingerprint density at radius 2 is 1.93 bits per heavy atom. The van der Waals surface area contributed by atoms with Gasteiger partial charge in [0.1, 0.15) is 0 Å². The molecule has 0 heterocycles. The molecule has 0 aliphatic heterocycles. The molecule has 2 rings (SSSR count). The summed E-state index contributed by atoms with van der Waals surface area (Å²) in [5, 5.41) is 18.9. The Balaban J connectivity index is 2.46. The van der Waals surface area contributed by atoms with Crippen molar-refractivity contribution in [2.24, 2.45) is 5.73 Å². The van der Waals surface area contributed by atoms with Crippen LogP contribution in [0.5, 0.6) is 11.5 Å². The minimum atomic E-state index is -0.0332. The summed E-state index contributed by atoms with van der Waals surface area (Å²) in [4.78, 5) is 0. The normalized spacial score (nSPS) is 20.7. The van der Waals surface area contributed by atoms with Crippen LogP contribution in [0.1, 0.15) is 36.3 Å². The lowest BCUT2D eigenvalue weighted by atomic mass is 9.92. The number of phenolic OH excluding ortho intramolecular Hbond substituents is 2. The largest absolute Gasteiger partial charge is 0.504 e. The minimum absolute atomic E-state index is 0.0218. The van der Waals surface area contributed by atoms with Crippen molar-refractivity contribution in [3.63, 3.8) is 0 Å². The van der Waals surface area contributed by atoms with Crippen LogP contribution in [0.25, 0.3) is 0 Å². The van der Waals surface area contributed by atoms with E-state index in [1.54, 1.807) is 12.1 Å². The maximum atomic E-state index is 9.49. The average Bonchev–Trinajstić information content (AvgIpc) is 2.41. The zero-order chi connectivity index (χ0) is 10.8. The molecule has 0 unspecified atom stereocenters. The van der Waals surface area contributed by atoms with Gasteiger partial charge >= 0.3 is 0 Å². The summed E-state index contributed by atoms with van der Waals surface area (Å²) < 4.78 is 0. The standard InChI is InChI=1S/C12H17NO2/c13-7-9-4-2-1-3-8-5-11(14)12(15)6-10(8)9/h5-6,9,14-15H,1-4,7,13H2/t9-/m0/s1. The van der Waals surface area contributed by atoms with E-state index in [1.807, 2.05) is 0 Å². The van der Waals surface area contributed by atoms with E-state index in [9.17, 15) is 10.2 Å². The van der Waals surface area contributed by atoms with Gasteiger partial charge in [-0.3, -0.25) is 0 Å². The van der Waals surface area contributed by atoms with E-state index in [0.29, 0.717) is 12.5 Å². The molecule has 15 heavy (non-hydrogen) atoms. The lowest BCUT2D eigenvalue weighted by molar-refractivity contribution is 0.402. The molecule has 4 N–H and O–H groups in total. The van der Waals surface area contributed by atoms with Gasteiger partial charge in [0.25, 0.3) is 0 Å². The molecule has 0 fully saturated rings. The summed E-state index contributed by atoms with van der Waals surface area (Å²) in [5.41, 5.74) is 7.98. The van der Waals surface area contributed by atoms with Crippen LogP contribution in [-0.4, -0.2) is 16.8 Å². The van der Waals surface area contributed by atoms with Crippen molar-refractivity contribution in [1.82, 2.24) is 0 Å². The van der Waals surface area contributed by atoms with Crippen LogP contribution < -0.4 is 5.73 Å². The van der Waals surface area contributed by atoms with Crippen LogP contribution in [0, 0.1) is 0 Å². The molecule has 0 saturated heterocycles. The van der Waals surface area contributed by atoms with Gasteiger partial charge in [-0.2, -0.15) is 0 Å². The maximum Gasteiger partial charge on any atom is 0.157 e. The monoisotopic (exact) mass is 207 g/mol. The van der Waals surface area contributed by atoms with Crippen molar-refractivity contribution in [2.75, 3.05) is 6.54 Å². The van der Waals surface area contributed by atoms with E-state index in [-0.39, 0.29) is 11.5 Å². The van der Waals surface area contributed by atoms with Gasteiger partial charge in [0.05, 0.1) is 0 Å². The van der Waals surface area contributed by atoms with Crippen molar-refractivity contribution >= 4 is 0 Å². The Bertz CT molecular complexity index is 363. The molecule has 3 heteroatoms. The fourth-order valence-corrected chi connectivity index (χ4v) is 2.34. The van der Waals surface area contributed by atoms with Crippen LogP contribution in [0.3, 0.4) is 0 Å². The van der Waals surface area contributed by atoms with E-state index in [0.717, 1.165) is 36.8 Å². The Labute approximate surface area is 89.5 Å². The molecular weight excluding hydrogens is 190 g/mol. The molecular formula is C12H17NO2. The summed E-state index contributed by atoms with van der Waals surface area (Å²) in [5.74, 6) is 0.273. The van der Waals surface area contributed by atoms with Crippen LogP contribution in [0.15, 0.2) is 12.1 Å². The lowest BCUT2D eigenvalue weighted by Gasteiger charge is -2.16. The second-order valence-electron chi connectivity index (χ2n) is 4.22. The third-order valence-electron chi connectivity index (χ3n) is 3.21. The van der Waals surface area contributed by atoms with Gasteiger partial charge in [0.15, 0.2) is 11.5 Å². The van der Waals surface area contributed by atoms with E-state index >= 15 is 0 Å². The molecule has 0 amide bonds. The molecule has 1 aromatic rings. The zero-order valence-electron chi connectivity index (χ0n) is 8.74. The van der Waals surface area contributed by atoms with Gasteiger partial charge in [-0.15, -0.1) is 0 Å². The fourth-order valence-electron chi connectivity index (χ4n) is 2.34. The van der Waals surface area contributed by atoms with Gasteiger partial charge < -0.3 is 15.9 Å². The van der Waals surface area contributed by atoms with E-state index < -0.39 is 0 Å². The predicted molar refractivity (Wildman–Crippen MR) is 59.1 cm³/mol. The third-order valence-corrected chi connectivity index (χ3v) is 3.21. The minimum Gasteiger partial charge on any atom is -0.504 e. The van der Waals surface area contributed by atoms with Gasteiger partial charge in [-0.25, -0.2) is 0 Å². The molecule has 0 spiro atoms. The number of benzene rings is 1. The first kappa shape index (κ1) is 10.3. The highest BCUT2D eigenvalue weighted by atomic mass is 16.3. The first-order chi connectivity index (χ1) is 7.22. The van der Waals surface area contributed by atoms with Crippen molar-refractivity contribution < 1.29 is 10.2 Å². The van der Waals surface area contributed by atoms with Crippen LogP contribution >= 0.6 is 0 Å². The number of aryl methyl sites for hydroxylation is 1. The molecule has 1 aromatic carbocycles. The number of aromatic hydroxyl groups is 2. The summed E-state index contributed by atoms with van der Waals surface area (Å²) in [6, 6.07) is 3.35. The molecule has 1 aliphatic carbocycles. The Kier molecular flexibility index (Phi) is 2.82. The summed E-state index contributed by atoms with van der Waals surface area (Å²) in [6.07, 6.45) is 4.35. The smallest absolute Gasteiger partial charge is 0.157 e. The first-order valence-electron chi connectivity index (χ1n) is 5.47. The van der Waals surface area contributed by atoms with Gasteiger partial charge in [0, 0.05) is 0 Å². The highest BCUT2D eigenvalue weighted by Gasteiger charge is 2.19. The summed E-state index contributed by atoms with van der Waals surface area (Å²) in [6.45, 7) is 0.608. The average molecular weight is 207 g/mol. The van der Waals surface area contributed by atoms with Gasteiger partial charge in [0.2, 0.25) is 0 Å². The molecule has 0 aromatic heterocycles. The second kappa shape index (κ2) is 4.11. The Morgan fingerprint density at radius 3 is 2.67 bits per heavy atom. The van der Waals surface area contributed by atoms with Gasteiger partial charge in [-0.1, -0.05) is 6.42 Å². The van der Waals surface area contributed by atoms with E-state index in [2.05, 4.69) is 0 Å². The van der Waals surface area contributed by atoms with Crippen molar-refractivity contribution in [3.05, 3.63) is 23.3 Å². The SMILES string of the molecule is NC[C@@H]1CCCCc2cc(O)c(O)cc21. The second-order valence-corrected chi connectivity index (χ2v) is 4.22. The van der Waals surface area contributed by atoms with Crippen LogP contribution in [0.2, 0.25) is 0 Å². The predicted octanol–water partition coefficient (Wildman–Crippen LogP) is 1.87. The zero-order valence-corrected chi connectivity index (χ0v) is 8.74. The number of nitrogens with two attached hydrogens (primary N) is 1. The molecule has 0 saturated carbocycles. The third kappa shape index (κ3) is 1.92. The van der Waals surface area contributed by atoms with Crippen LogP contribution in [-0.2, 0) is 6.42 Å². The van der Waals surface area contributed by atoms with Crippen LogP contribution in [0.4, 0.5) is 0 Å². The quantitative estimate of drug-likeness (QED) is 0.486. The maximum absolute atomic E-state index is 9.49. The lowest BCUT2D eigenvalue weighted by Crippen LogP contribution is -2.12.